The van der Waals surface area contributed by atoms with Crippen molar-refractivity contribution in [3.63, 3.8) is 0 Å². The van der Waals surface area contributed by atoms with Crippen LogP contribution in [0.3, 0.4) is 0 Å². The maximum absolute atomic E-state index is 12.4. The molecule has 1 amide bonds. The van der Waals surface area contributed by atoms with Gasteiger partial charge in [0.1, 0.15) is 11.9 Å². The molecule has 5 nitrogen and oxygen atoms in total. The third kappa shape index (κ3) is 6.87. The summed E-state index contributed by atoms with van der Waals surface area (Å²) in [5.41, 5.74) is 0.680. The molecule has 0 saturated heterocycles. The van der Waals surface area contributed by atoms with Gasteiger partial charge in [-0.1, -0.05) is 38.3 Å². The molecule has 5 heteroatoms. The van der Waals surface area contributed by atoms with Crippen LogP contribution in [0.2, 0.25) is 0 Å². The summed E-state index contributed by atoms with van der Waals surface area (Å²) in [5.74, 6) is 1.15. The molecule has 0 aliphatic heterocycles. The zero-order valence-electron chi connectivity index (χ0n) is 16.6. The molecule has 0 bridgehead atoms. The summed E-state index contributed by atoms with van der Waals surface area (Å²) in [4.78, 5) is 13.8. The van der Waals surface area contributed by atoms with E-state index in [1.165, 1.54) is 11.3 Å². The predicted molar refractivity (Wildman–Crippen MR) is 105 cm³/mol. The fraction of sp³-hybridized carbons (Fsp3) is 0.667. The van der Waals surface area contributed by atoms with Gasteiger partial charge in [-0.2, -0.15) is 0 Å². The molecule has 1 aliphatic rings. The third-order valence-electron chi connectivity index (χ3n) is 4.90. The van der Waals surface area contributed by atoms with Crippen LogP contribution in [0.5, 0.6) is 5.75 Å². The second-order valence-electron chi connectivity index (χ2n) is 7.58. The lowest BCUT2D eigenvalue weighted by molar-refractivity contribution is -0.862. The van der Waals surface area contributed by atoms with Crippen LogP contribution in [0.25, 0.3) is 0 Å². The van der Waals surface area contributed by atoms with Gasteiger partial charge in [0.05, 0.1) is 32.9 Å². The zero-order valence-corrected chi connectivity index (χ0v) is 16.6. The van der Waals surface area contributed by atoms with E-state index < -0.39 is 0 Å². The number of hydrogen-bond acceptors (Lipinski definition) is 3. The van der Waals surface area contributed by atoms with E-state index in [9.17, 15) is 4.79 Å². The normalized spacial score (nSPS) is 20.0. The monoisotopic (exact) mass is 363 g/mol. The predicted octanol–water partition coefficient (Wildman–Crippen LogP) is 3.51. The number of ether oxygens (including phenoxy) is 2. The highest BCUT2D eigenvalue weighted by Gasteiger charge is 2.30. The molecule has 2 N–H and O–H groups in total. The van der Waals surface area contributed by atoms with Crippen molar-refractivity contribution in [1.29, 1.82) is 0 Å². The number of amides is 1. The minimum absolute atomic E-state index is 0.0104. The van der Waals surface area contributed by atoms with Crippen molar-refractivity contribution < 1.29 is 19.2 Å². The first-order valence-corrected chi connectivity index (χ1v) is 10.1. The van der Waals surface area contributed by atoms with E-state index >= 15 is 0 Å². The Hall–Kier alpha value is -1.75. The fourth-order valence-corrected chi connectivity index (χ4v) is 3.59. The van der Waals surface area contributed by atoms with Crippen LogP contribution in [0, 0.1) is 5.92 Å². The van der Waals surface area contributed by atoms with Crippen LogP contribution in [0.4, 0.5) is 10.5 Å². The van der Waals surface area contributed by atoms with Crippen molar-refractivity contribution in [2.75, 3.05) is 32.6 Å². The van der Waals surface area contributed by atoms with Gasteiger partial charge < -0.3 is 14.4 Å². The maximum Gasteiger partial charge on any atom is 0.412 e. The molecular weight excluding hydrogens is 328 g/mol. The summed E-state index contributed by atoms with van der Waals surface area (Å²) in [7, 11) is 4.30. The summed E-state index contributed by atoms with van der Waals surface area (Å²) in [5, 5.41) is 2.88. The Labute approximate surface area is 158 Å². The Morgan fingerprint density at radius 1 is 1.19 bits per heavy atom. The summed E-state index contributed by atoms with van der Waals surface area (Å²) in [6.07, 6.45) is 7.42. The largest absolute Gasteiger partial charge is 0.491 e. The van der Waals surface area contributed by atoms with Crippen molar-refractivity contribution in [3.05, 3.63) is 24.3 Å². The van der Waals surface area contributed by atoms with Gasteiger partial charge >= 0.3 is 6.09 Å². The van der Waals surface area contributed by atoms with Gasteiger partial charge in [0.25, 0.3) is 0 Å². The number of unbranched alkanes of at least 4 members (excludes halogenated alkanes) is 2. The molecule has 26 heavy (non-hydrogen) atoms. The first-order chi connectivity index (χ1) is 12.6. The van der Waals surface area contributed by atoms with Crippen molar-refractivity contribution in [3.8, 4) is 5.75 Å². The van der Waals surface area contributed by atoms with Crippen molar-refractivity contribution in [2.24, 2.45) is 5.92 Å². The quantitative estimate of drug-likeness (QED) is 0.660. The van der Waals surface area contributed by atoms with Crippen LogP contribution in [-0.2, 0) is 4.74 Å². The summed E-state index contributed by atoms with van der Waals surface area (Å²) in [6, 6.07) is 7.56. The molecule has 0 unspecified atom stereocenters. The molecule has 0 spiro atoms. The molecule has 0 aromatic heterocycles. The smallest absolute Gasteiger partial charge is 0.412 e. The number of para-hydroxylation sites is 2. The Morgan fingerprint density at radius 2 is 1.96 bits per heavy atom. The van der Waals surface area contributed by atoms with Gasteiger partial charge in [0, 0.05) is 5.92 Å². The van der Waals surface area contributed by atoms with Gasteiger partial charge in [0.15, 0.2) is 0 Å². The molecule has 1 fully saturated rings. The molecule has 0 radical (unpaired) electrons. The lowest BCUT2D eigenvalue weighted by Crippen LogP contribution is -3.06. The Bertz CT molecular complexity index is 548. The van der Waals surface area contributed by atoms with Gasteiger partial charge in [-0.15, -0.1) is 0 Å². The summed E-state index contributed by atoms with van der Waals surface area (Å²) in [6.45, 7) is 3.87. The van der Waals surface area contributed by atoms with E-state index in [2.05, 4.69) is 26.3 Å². The molecule has 0 heterocycles. The molecule has 1 saturated carbocycles. The van der Waals surface area contributed by atoms with Crippen molar-refractivity contribution in [1.82, 2.24) is 0 Å². The number of anilines is 1. The average molecular weight is 364 g/mol. The maximum atomic E-state index is 12.4. The highest BCUT2D eigenvalue weighted by Crippen LogP contribution is 2.28. The zero-order chi connectivity index (χ0) is 18.8. The minimum atomic E-state index is -0.375. The molecular formula is C21H35N2O3+. The topological polar surface area (TPSA) is 52.0 Å². The summed E-state index contributed by atoms with van der Waals surface area (Å²) < 4.78 is 11.6. The van der Waals surface area contributed by atoms with Crippen LogP contribution in [0.15, 0.2) is 24.3 Å². The van der Waals surface area contributed by atoms with E-state index in [4.69, 9.17) is 9.47 Å². The molecule has 1 aromatic carbocycles. The van der Waals surface area contributed by atoms with Crippen LogP contribution < -0.4 is 15.0 Å². The summed E-state index contributed by atoms with van der Waals surface area (Å²) >= 11 is 0. The number of carbonyl (C=O) groups is 1. The Kier molecular flexibility index (Phi) is 8.75. The Morgan fingerprint density at radius 3 is 2.73 bits per heavy atom. The first kappa shape index (κ1) is 20.6. The number of nitrogens with one attached hydrogen (secondary N) is 2. The minimum Gasteiger partial charge on any atom is -0.491 e. The van der Waals surface area contributed by atoms with E-state index in [-0.39, 0.29) is 12.2 Å². The van der Waals surface area contributed by atoms with Gasteiger partial charge in [0.2, 0.25) is 0 Å². The molecule has 146 valence electrons. The third-order valence-corrected chi connectivity index (χ3v) is 4.90. The molecule has 2 rings (SSSR count). The SMILES string of the molecule is CCCCCOc1ccccc1NC(=O)O[C@H]1CCCC[C@@H]1C[NH+](C)C. The lowest BCUT2D eigenvalue weighted by atomic mass is 9.86. The van der Waals surface area contributed by atoms with E-state index in [0.717, 1.165) is 45.1 Å². The molecule has 1 aromatic rings. The van der Waals surface area contributed by atoms with Crippen LogP contribution in [-0.4, -0.2) is 39.4 Å². The van der Waals surface area contributed by atoms with E-state index in [1.54, 1.807) is 0 Å². The standard InChI is InChI=1S/C21H34N2O3/c1-4-5-10-15-25-20-14-9-7-12-18(20)22-21(24)26-19-13-8-6-11-17(19)16-23(2)3/h7,9,12,14,17,19H,4-6,8,10-11,13,15-16H2,1-3H3,(H,22,24)/p+1/t17-,19+/m1/s1. The van der Waals surface area contributed by atoms with Gasteiger partial charge in [-0.3, -0.25) is 5.32 Å². The Balaban J connectivity index is 1.90. The average Bonchev–Trinajstić information content (AvgIpc) is 2.61. The van der Waals surface area contributed by atoms with Gasteiger partial charge in [-0.25, -0.2) is 4.79 Å². The van der Waals surface area contributed by atoms with Crippen LogP contribution >= 0.6 is 0 Å². The number of benzene rings is 1. The van der Waals surface area contributed by atoms with E-state index in [0.29, 0.717) is 24.0 Å². The number of carbonyl (C=O) groups excluding carboxylic acids is 1. The molecule has 1 aliphatic carbocycles. The first-order valence-electron chi connectivity index (χ1n) is 10.1. The van der Waals surface area contributed by atoms with Crippen molar-refractivity contribution >= 4 is 11.8 Å². The number of rotatable bonds is 9. The number of quaternary nitrogens is 1. The molecule has 2 atom stereocenters. The second-order valence-corrected chi connectivity index (χ2v) is 7.58. The van der Waals surface area contributed by atoms with Crippen molar-refractivity contribution in [2.45, 2.75) is 58.0 Å². The van der Waals surface area contributed by atoms with Crippen LogP contribution in [0.1, 0.15) is 51.9 Å². The van der Waals surface area contributed by atoms with Gasteiger partial charge in [-0.05, 0) is 37.8 Å². The lowest BCUT2D eigenvalue weighted by Gasteiger charge is -2.31. The van der Waals surface area contributed by atoms with E-state index in [1.807, 2.05) is 24.3 Å². The number of hydrogen-bond donors (Lipinski definition) is 2. The highest BCUT2D eigenvalue weighted by atomic mass is 16.6. The fourth-order valence-electron chi connectivity index (χ4n) is 3.59. The second kappa shape index (κ2) is 11.1. The highest BCUT2D eigenvalue weighted by molar-refractivity contribution is 5.86.